The zero-order valence-electron chi connectivity index (χ0n) is 20.6. The smallest absolute Gasteiger partial charge is 0.416 e. The largest absolute Gasteiger partial charge is 0.492 e. The Bertz CT molecular complexity index is 1390. The van der Waals surface area contributed by atoms with Crippen LogP contribution in [0.5, 0.6) is 11.5 Å². The molecule has 0 spiro atoms. The van der Waals surface area contributed by atoms with Gasteiger partial charge in [0, 0.05) is 55.5 Å². The molecule has 198 valence electrons. The maximum absolute atomic E-state index is 14.1. The Balaban J connectivity index is 1.25. The monoisotopic (exact) mass is 524 g/mol. The fraction of sp³-hybridized carbons (Fsp3) is 0.379. The fourth-order valence-corrected chi connectivity index (χ4v) is 5.96. The van der Waals surface area contributed by atoms with Crippen LogP contribution in [-0.4, -0.2) is 34.1 Å². The van der Waals surface area contributed by atoms with Crippen molar-refractivity contribution >= 4 is 5.97 Å². The van der Waals surface area contributed by atoms with Gasteiger partial charge in [-0.25, -0.2) is 0 Å². The Kier molecular flexibility index (Phi) is 6.26. The highest BCUT2D eigenvalue weighted by molar-refractivity contribution is 5.68. The van der Waals surface area contributed by atoms with Crippen molar-refractivity contribution in [2.24, 2.45) is 0 Å². The normalized spacial score (nSPS) is 20.4. The van der Waals surface area contributed by atoms with E-state index in [9.17, 15) is 18.0 Å². The summed E-state index contributed by atoms with van der Waals surface area (Å²) in [7, 11) is 0. The van der Waals surface area contributed by atoms with Crippen LogP contribution < -0.4 is 9.47 Å². The van der Waals surface area contributed by atoms with Gasteiger partial charge in [0.15, 0.2) is 0 Å². The quantitative estimate of drug-likeness (QED) is 0.448. The number of benzene rings is 2. The summed E-state index contributed by atoms with van der Waals surface area (Å²) in [5, 5.41) is 9.12. The van der Waals surface area contributed by atoms with Crippen molar-refractivity contribution in [3.8, 4) is 11.5 Å². The van der Waals surface area contributed by atoms with Gasteiger partial charge in [-0.05, 0) is 53.3 Å². The van der Waals surface area contributed by atoms with E-state index in [-0.39, 0.29) is 25.0 Å². The van der Waals surface area contributed by atoms with E-state index in [1.54, 1.807) is 24.4 Å². The zero-order valence-corrected chi connectivity index (χ0v) is 20.6. The van der Waals surface area contributed by atoms with Gasteiger partial charge in [0.1, 0.15) is 17.6 Å². The molecule has 3 heterocycles. The lowest BCUT2D eigenvalue weighted by molar-refractivity contribution is -0.139. The Morgan fingerprint density at radius 3 is 2.82 bits per heavy atom. The number of alkyl halides is 3. The minimum atomic E-state index is -4.44. The van der Waals surface area contributed by atoms with Gasteiger partial charge in [-0.15, -0.1) is 0 Å². The molecule has 1 aliphatic carbocycles. The van der Waals surface area contributed by atoms with Crippen molar-refractivity contribution in [2.45, 2.75) is 57.0 Å². The molecule has 0 saturated carbocycles. The molecule has 3 aromatic rings. The van der Waals surface area contributed by atoms with E-state index in [1.807, 2.05) is 18.2 Å². The number of carbonyl (C=O) groups is 1. The molecular weight excluding hydrogens is 497 g/mol. The fourth-order valence-electron chi connectivity index (χ4n) is 5.96. The van der Waals surface area contributed by atoms with Crippen LogP contribution in [0.25, 0.3) is 0 Å². The molecule has 2 aliphatic heterocycles. The first-order valence-electron chi connectivity index (χ1n) is 12.8. The van der Waals surface area contributed by atoms with Gasteiger partial charge in [0.2, 0.25) is 0 Å². The third-order valence-corrected chi connectivity index (χ3v) is 7.77. The lowest BCUT2D eigenvalue weighted by Gasteiger charge is -2.30. The number of aliphatic carboxylic acids is 1. The predicted molar refractivity (Wildman–Crippen MR) is 132 cm³/mol. The van der Waals surface area contributed by atoms with Crippen molar-refractivity contribution in [1.82, 2.24) is 9.88 Å². The second kappa shape index (κ2) is 9.62. The zero-order chi connectivity index (χ0) is 26.4. The molecule has 2 atom stereocenters. The molecule has 0 amide bonds. The first kappa shape index (κ1) is 24.7. The maximum Gasteiger partial charge on any atom is 0.416 e. The van der Waals surface area contributed by atoms with E-state index in [2.05, 4.69) is 9.88 Å². The number of rotatable bonds is 6. The van der Waals surface area contributed by atoms with Crippen molar-refractivity contribution in [1.29, 1.82) is 0 Å². The van der Waals surface area contributed by atoms with Crippen LogP contribution in [0.4, 0.5) is 13.2 Å². The van der Waals surface area contributed by atoms with E-state index in [0.29, 0.717) is 56.0 Å². The predicted octanol–water partition coefficient (Wildman–Crippen LogP) is 5.68. The number of nitrogens with zero attached hydrogens (tertiary/aromatic N) is 2. The summed E-state index contributed by atoms with van der Waals surface area (Å²) >= 11 is 0. The maximum atomic E-state index is 14.1. The van der Waals surface area contributed by atoms with Crippen molar-refractivity contribution in [3.05, 3.63) is 87.7 Å². The van der Waals surface area contributed by atoms with Crippen LogP contribution in [0.15, 0.2) is 48.7 Å². The molecule has 2 aromatic carbocycles. The highest BCUT2D eigenvalue weighted by atomic mass is 19.4. The summed E-state index contributed by atoms with van der Waals surface area (Å²) < 4.78 is 54.2. The first-order chi connectivity index (χ1) is 18.3. The SMILES string of the molecule is O=C(O)CC1COc2cc(O[C@@H]3CCc4c3ccc(C(F)(F)F)c4CN3CCc4ncccc4C3)ccc21. The summed E-state index contributed by atoms with van der Waals surface area (Å²) in [6.45, 7) is 1.75. The first-order valence-corrected chi connectivity index (χ1v) is 12.8. The van der Waals surface area contributed by atoms with Crippen LogP contribution in [0, 0.1) is 0 Å². The van der Waals surface area contributed by atoms with Crippen LogP contribution in [0.1, 0.15) is 63.9 Å². The Labute approximate surface area is 218 Å². The molecular formula is C29H27F3N2O4. The molecule has 0 bridgehead atoms. The average molecular weight is 525 g/mol. The van der Waals surface area contributed by atoms with Gasteiger partial charge in [0.25, 0.3) is 0 Å². The summed E-state index contributed by atoms with van der Waals surface area (Å²) in [6.07, 6.45) is -1.27. The number of hydrogen-bond donors (Lipinski definition) is 1. The molecule has 1 aromatic heterocycles. The van der Waals surface area contributed by atoms with E-state index >= 15 is 0 Å². The number of fused-ring (bicyclic) bond motifs is 3. The van der Waals surface area contributed by atoms with Gasteiger partial charge in [-0.1, -0.05) is 18.2 Å². The minimum absolute atomic E-state index is 0.00731. The van der Waals surface area contributed by atoms with Gasteiger partial charge in [-0.2, -0.15) is 13.2 Å². The molecule has 9 heteroatoms. The van der Waals surface area contributed by atoms with Gasteiger partial charge in [-0.3, -0.25) is 14.7 Å². The van der Waals surface area contributed by atoms with Crippen molar-refractivity contribution < 1.29 is 32.5 Å². The number of carboxylic acids is 1. The number of aromatic nitrogens is 1. The summed E-state index contributed by atoms with van der Waals surface area (Å²) in [4.78, 5) is 17.6. The van der Waals surface area contributed by atoms with E-state index in [4.69, 9.17) is 14.6 Å². The van der Waals surface area contributed by atoms with E-state index < -0.39 is 17.7 Å². The van der Waals surface area contributed by atoms with Crippen molar-refractivity contribution in [3.63, 3.8) is 0 Å². The molecule has 38 heavy (non-hydrogen) atoms. The van der Waals surface area contributed by atoms with E-state index in [0.717, 1.165) is 27.9 Å². The molecule has 0 saturated heterocycles. The lowest BCUT2D eigenvalue weighted by Crippen LogP contribution is -2.32. The number of pyridine rings is 1. The standard InChI is InChI=1S/C29H27F3N2O4/c30-29(31,32)24-7-5-22-21(23(24)15-34-11-9-25-17(14-34)2-1-10-33-25)6-8-26(22)38-19-3-4-20-18(12-28(35)36)16-37-27(20)13-19/h1-5,7,10,13,18,26H,6,8-9,11-12,14-16H2,(H,35,36)/t18?,26-/m1/s1. The Hall–Kier alpha value is -3.59. The molecule has 6 rings (SSSR count). The van der Waals surface area contributed by atoms with Gasteiger partial charge >= 0.3 is 12.1 Å². The second-order valence-corrected chi connectivity index (χ2v) is 10.2. The third-order valence-electron chi connectivity index (χ3n) is 7.77. The highest BCUT2D eigenvalue weighted by Gasteiger charge is 2.38. The number of halogens is 3. The number of hydrogen-bond acceptors (Lipinski definition) is 5. The molecule has 0 fully saturated rings. The Morgan fingerprint density at radius 1 is 1.16 bits per heavy atom. The molecule has 6 nitrogen and oxygen atoms in total. The lowest BCUT2D eigenvalue weighted by atomic mass is 9.95. The average Bonchev–Trinajstić information content (AvgIpc) is 3.47. The highest BCUT2D eigenvalue weighted by Crippen LogP contribution is 2.44. The number of carboxylic acid groups (broad SMARTS) is 1. The van der Waals surface area contributed by atoms with Gasteiger partial charge in [0.05, 0.1) is 18.6 Å². The van der Waals surface area contributed by atoms with Crippen LogP contribution in [0.2, 0.25) is 0 Å². The third kappa shape index (κ3) is 4.71. The topological polar surface area (TPSA) is 71.9 Å². The number of ether oxygens (including phenoxy) is 2. The summed E-state index contributed by atoms with van der Waals surface area (Å²) in [5.74, 6) is 0.0672. The summed E-state index contributed by atoms with van der Waals surface area (Å²) in [6, 6.07) is 12.0. The molecule has 0 radical (unpaired) electrons. The molecule has 1 unspecified atom stereocenters. The summed E-state index contributed by atoms with van der Waals surface area (Å²) in [5.41, 5.74) is 4.18. The van der Waals surface area contributed by atoms with Crippen molar-refractivity contribution in [2.75, 3.05) is 13.2 Å². The van der Waals surface area contributed by atoms with Gasteiger partial charge < -0.3 is 14.6 Å². The minimum Gasteiger partial charge on any atom is -0.492 e. The van der Waals surface area contributed by atoms with Crippen LogP contribution >= 0.6 is 0 Å². The van der Waals surface area contributed by atoms with Crippen LogP contribution in [-0.2, 0) is 36.9 Å². The second-order valence-electron chi connectivity index (χ2n) is 10.2. The van der Waals surface area contributed by atoms with Crippen LogP contribution in [0.3, 0.4) is 0 Å². The molecule has 1 N–H and O–H groups in total. The Morgan fingerprint density at radius 2 is 2.00 bits per heavy atom. The molecule has 3 aliphatic rings. The van der Waals surface area contributed by atoms with E-state index in [1.165, 1.54) is 6.07 Å².